The molecule has 174 valence electrons. The van der Waals surface area contributed by atoms with Crippen LogP contribution in [0.4, 0.5) is 0 Å². The first-order chi connectivity index (χ1) is 15.6. The summed E-state index contributed by atoms with van der Waals surface area (Å²) in [5, 5.41) is 22.8. The van der Waals surface area contributed by atoms with Gasteiger partial charge in [0.15, 0.2) is 0 Å². The number of carbonyl (C=O) groups is 2. The number of hydrogen-bond donors (Lipinski definition) is 2. The van der Waals surface area contributed by atoms with E-state index in [1.807, 2.05) is 57.2 Å². The summed E-state index contributed by atoms with van der Waals surface area (Å²) in [6.07, 6.45) is 1.34. The molecule has 0 radical (unpaired) electrons. The minimum atomic E-state index is -0.525. The molecule has 1 aromatic heterocycles. The molecule has 8 heteroatoms. The summed E-state index contributed by atoms with van der Waals surface area (Å²) in [7, 11) is 0. The third-order valence-corrected chi connectivity index (χ3v) is 5.17. The maximum Gasteiger partial charge on any atom is 0.330 e. The summed E-state index contributed by atoms with van der Waals surface area (Å²) in [6, 6.07) is 11.2. The highest BCUT2D eigenvalue weighted by Crippen LogP contribution is 2.36. The molecular weight excluding hydrogens is 420 g/mol. The minimum absolute atomic E-state index is 0.119. The van der Waals surface area contributed by atoms with Gasteiger partial charge in [0.1, 0.15) is 28.6 Å². The van der Waals surface area contributed by atoms with Gasteiger partial charge in [-0.3, -0.25) is 4.79 Å². The van der Waals surface area contributed by atoms with Gasteiger partial charge < -0.3 is 15.2 Å². The van der Waals surface area contributed by atoms with Crippen LogP contribution in [0.3, 0.4) is 0 Å². The summed E-state index contributed by atoms with van der Waals surface area (Å²) < 4.78 is 5.05. The molecule has 0 aliphatic carbocycles. The molecule has 33 heavy (non-hydrogen) atoms. The number of phenolic OH excluding ortho intramolecular Hbond substituents is 1. The lowest BCUT2D eigenvalue weighted by molar-refractivity contribution is -0.142. The highest BCUT2D eigenvalue weighted by atomic mass is 16.5. The van der Waals surface area contributed by atoms with Crippen LogP contribution in [0.2, 0.25) is 0 Å². The lowest BCUT2D eigenvalue weighted by Crippen LogP contribution is -2.33. The molecule has 0 aliphatic rings. The highest BCUT2D eigenvalue weighted by Gasteiger charge is 2.23. The molecule has 3 rings (SSSR count). The van der Waals surface area contributed by atoms with Gasteiger partial charge in [0.25, 0.3) is 0 Å². The fourth-order valence-electron chi connectivity index (χ4n) is 3.41. The summed E-state index contributed by atoms with van der Waals surface area (Å²) in [6.45, 7) is 11.3. The Hall–Kier alpha value is -3.68. The van der Waals surface area contributed by atoms with E-state index in [-0.39, 0.29) is 30.0 Å². The maximum atomic E-state index is 12.3. The predicted molar refractivity (Wildman–Crippen MR) is 126 cm³/mol. The van der Waals surface area contributed by atoms with E-state index < -0.39 is 12.1 Å². The van der Waals surface area contributed by atoms with Crippen molar-refractivity contribution in [2.75, 3.05) is 6.54 Å². The molecule has 1 unspecified atom stereocenters. The monoisotopic (exact) mass is 450 g/mol. The van der Waals surface area contributed by atoms with E-state index in [1.54, 1.807) is 6.92 Å². The van der Waals surface area contributed by atoms with E-state index >= 15 is 0 Å². The van der Waals surface area contributed by atoms with Crippen molar-refractivity contribution in [3.63, 3.8) is 0 Å². The van der Waals surface area contributed by atoms with Crippen molar-refractivity contribution in [1.82, 2.24) is 20.3 Å². The van der Waals surface area contributed by atoms with Crippen molar-refractivity contribution in [1.29, 1.82) is 0 Å². The quantitative estimate of drug-likeness (QED) is 0.401. The normalized spacial score (nSPS) is 12.4. The third-order valence-electron chi connectivity index (χ3n) is 5.17. The van der Waals surface area contributed by atoms with E-state index in [1.165, 1.54) is 4.80 Å². The van der Waals surface area contributed by atoms with Crippen LogP contribution in [0.5, 0.6) is 5.75 Å². The fourth-order valence-corrected chi connectivity index (χ4v) is 3.41. The topological polar surface area (TPSA) is 106 Å². The summed E-state index contributed by atoms with van der Waals surface area (Å²) >= 11 is 0. The zero-order valence-corrected chi connectivity index (χ0v) is 19.5. The van der Waals surface area contributed by atoms with Crippen molar-refractivity contribution in [2.45, 2.75) is 52.1 Å². The zero-order valence-electron chi connectivity index (χ0n) is 19.5. The molecule has 8 nitrogen and oxygen atoms in total. The molecule has 0 saturated heterocycles. The van der Waals surface area contributed by atoms with E-state index in [4.69, 9.17) is 4.74 Å². The van der Waals surface area contributed by atoms with Gasteiger partial charge in [-0.2, -0.15) is 0 Å². The predicted octanol–water partition coefficient (Wildman–Crippen LogP) is 3.59. The SMILES string of the molecule is C=CC(=O)OC(C)CNC(=O)CCc1cc(-n2nc3ccccc3n2)c(O)c(C(C)(C)C)c1. The molecule has 1 amide bonds. The number of phenols is 1. The number of aryl methyl sites for hydroxylation is 1. The van der Waals surface area contributed by atoms with Gasteiger partial charge in [-0.1, -0.05) is 45.5 Å². The summed E-state index contributed by atoms with van der Waals surface area (Å²) in [5.74, 6) is -0.566. The number of benzene rings is 2. The number of esters is 1. The molecule has 2 aromatic carbocycles. The van der Waals surface area contributed by atoms with Crippen LogP contribution in [-0.4, -0.2) is 44.6 Å². The molecule has 0 fully saturated rings. The number of nitrogens with zero attached hydrogens (tertiary/aromatic N) is 3. The largest absolute Gasteiger partial charge is 0.505 e. The van der Waals surface area contributed by atoms with Crippen LogP contribution in [0.15, 0.2) is 49.1 Å². The van der Waals surface area contributed by atoms with Gasteiger partial charge >= 0.3 is 5.97 Å². The van der Waals surface area contributed by atoms with Crippen LogP contribution in [0.1, 0.15) is 45.2 Å². The van der Waals surface area contributed by atoms with E-state index in [0.717, 1.165) is 28.2 Å². The smallest absolute Gasteiger partial charge is 0.330 e. The number of fused-ring (bicyclic) bond motifs is 1. The van der Waals surface area contributed by atoms with Crippen LogP contribution < -0.4 is 5.32 Å². The number of ether oxygens (including phenoxy) is 1. The van der Waals surface area contributed by atoms with E-state index in [2.05, 4.69) is 22.1 Å². The second-order valence-corrected chi connectivity index (χ2v) is 8.99. The standard InChI is InChI=1S/C25H30N4O4/c1-6-23(31)33-16(2)15-26-22(30)12-11-17-13-18(25(3,4)5)24(32)21(14-17)29-27-19-9-7-8-10-20(19)28-29/h6-10,13-14,16,32H,1,11-12,15H2,2-5H3,(H,26,30). The lowest BCUT2D eigenvalue weighted by atomic mass is 9.84. The molecule has 0 bridgehead atoms. The van der Waals surface area contributed by atoms with Crippen molar-refractivity contribution >= 4 is 22.9 Å². The van der Waals surface area contributed by atoms with E-state index in [0.29, 0.717) is 12.1 Å². The first-order valence-electron chi connectivity index (χ1n) is 10.9. The Kier molecular flexibility index (Phi) is 7.16. The minimum Gasteiger partial charge on any atom is -0.505 e. The Morgan fingerprint density at radius 3 is 2.42 bits per heavy atom. The number of aromatic nitrogens is 3. The Morgan fingerprint density at radius 2 is 1.85 bits per heavy atom. The molecular formula is C25H30N4O4. The first kappa shape index (κ1) is 24.0. The van der Waals surface area contributed by atoms with Gasteiger partial charge in [-0.15, -0.1) is 15.0 Å². The fraction of sp³-hybridized carbons (Fsp3) is 0.360. The van der Waals surface area contributed by atoms with Gasteiger partial charge in [0.05, 0.1) is 6.54 Å². The average Bonchev–Trinajstić information content (AvgIpc) is 3.20. The maximum absolute atomic E-state index is 12.3. The number of carbonyl (C=O) groups excluding carboxylic acids is 2. The summed E-state index contributed by atoms with van der Waals surface area (Å²) in [5.41, 5.74) is 3.24. The lowest BCUT2D eigenvalue weighted by Gasteiger charge is -2.23. The number of hydrogen-bond acceptors (Lipinski definition) is 6. The molecule has 1 atom stereocenters. The number of rotatable bonds is 8. The number of amides is 1. The average molecular weight is 451 g/mol. The van der Waals surface area contributed by atoms with Crippen molar-refractivity contribution in [2.24, 2.45) is 0 Å². The van der Waals surface area contributed by atoms with Crippen molar-refractivity contribution in [3.8, 4) is 11.4 Å². The molecule has 0 spiro atoms. The van der Waals surface area contributed by atoms with Crippen LogP contribution in [0, 0.1) is 0 Å². The Morgan fingerprint density at radius 1 is 1.21 bits per heavy atom. The Bertz CT molecular complexity index is 1140. The number of nitrogens with one attached hydrogen (secondary N) is 1. The van der Waals surface area contributed by atoms with Gasteiger partial charge in [-0.25, -0.2) is 4.79 Å². The highest BCUT2D eigenvalue weighted by molar-refractivity contribution is 5.81. The third kappa shape index (κ3) is 5.97. The van der Waals surface area contributed by atoms with Gasteiger partial charge in [0, 0.05) is 18.1 Å². The second kappa shape index (κ2) is 9.85. The molecule has 1 heterocycles. The Balaban J connectivity index is 1.79. The molecule has 2 N–H and O–H groups in total. The molecule has 0 saturated carbocycles. The van der Waals surface area contributed by atoms with Gasteiger partial charge in [0.2, 0.25) is 5.91 Å². The van der Waals surface area contributed by atoms with Crippen molar-refractivity contribution < 1.29 is 19.4 Å². The van der Waals surface area contributed by atoms with E-state index in [9.17, 15) is 14.7 Å². The van der Waals surface area contributed by atoms with Crippen LogP contribution in [-0.2, 0) is 26.2 Å². The van der Waals surface area contributed by atoms with Crippen LogP contribution in [0.25, 0.3) is 16.7 Å². The van der Waals surface area contributed by atoms with Crippen LogP contribution >= 0.6 is 0 Å². The van der Waals surface area contributed by atoms with Gasteiger partial charge in [-0.05, 0) is 42.5 Å². The first-order valence-corrected chi connectivity index (χ1v) is 10.9. The zero-order chi connectivity index (χ0) is 24.2. The Labute approximate surface area is 193 Å². The summed E-state index contributed by atoms with van der Waals surface area (Å²) in [4.78, 5) is 25.0. The molecule has 3 aromatic rings. The van der Waals surface area contributed by atoms with Crippen molar-refractivity contribution in [3.05, 3.63) is 60.2 Å². The molecule has 0 aliphatic heterocycles. The number of aromatic hydroxyl groups is 1. The second-order valence-electron chi connectivity index (χ2n) is 8.99.